The highest BCUT2D eigenvalue weighted by Gasteiger charge is 2.27. The van der Waals surface area contributed by atoms with E-state index in [4.69, 9.17) is 0 Å². The summed E-state index contributed by atoms with van der Waals surface area (Å²) in [6, 6.07) is 0. The van der Waals surface area contributed by atoms with Crippen LogP contribution < -0.4 is 4.74 Å². The van der Waals surface area contributed by atoms with Gasteiger partial charge in [0.05, 0.1) is 0 Å². The second-order valence-corrected chi connectivity index (χ2v) is 4.64. The van der Waals surface area contributed by atoms with Gasteiger partial charge in [0.2, 0.25) is 11.6 Å². The van der Waals surface area contributed by atoms with Crippen LogP contribution in [0.5, 0.6) is 5.75 Å². The minimum absolute atomic E-state index is 0.0490. The summed E-state index contributed by atoms with van der Waals surface area (Å²) in [5.41, 5.74) is -0.547. The zero-order valence-electron chi connectivity index (χ0n) is 12.3. The lowest BCUT2D eigenvalue weighted by molar-refractivity contribution is -0.134. The molecule has 0 bridgehead atoms. The van der Waals surface area contributed by atoms with Crippen LogP contribution in [0.25, 0.3) is 0 Å². The van der Waals surface area contributed by atoms with Gasteiger partial charge in [-0.05, 0) is 12.8 Å². The molecule has 0 unspecified atom stereocenters. The molecule has 3 nitrogen and oxygen atoms in total. The number of Topliss-reactive ketones (excluding diaryl/α,β-unsaturated/α-hetero) is 1. The smallest absolute Gasteiger partial charge is 0.311 e. The van der Waals surface area contributed by atoms with E-state index in [1.165, 1.54) is 6.92 Å². The number of carbonyl (C=O) groups is 2. The second kappa shape index (κ2) is 7.91. The number of halogens is 4. The van der Waals surface area contributed by atoms with Crippen molar-refractivity contribution in [1.29, 1.82) is 0 Å². The summed E-state index contributed by atoms with van der Waals surface area (Å²) in [5, 5.41) is 0. The Hall–Kier alpha value is -1.92. The molecular weight excluding hydrogens is 304 g/mol. The van der Waals surface area contributed by atoms with Crippen LogP contribution in [-0.4, -0.2) is 11.8 Å². The third-order valence-corrected chi connectivity index (χ3v) is 3.12. The van der Waals surface area contributed by atoms with Crippen LogP contribution in [0, 0.1) is 23.3 Å². The van der Waals surface area contributed by atoms with Crippen molar-refractivity contribution >= 4 is 11.8 Å². The molecule has 1 aromatic rings. The molecule has 0 radical (unpaired) electrons. The molecule has 7 heteroatoms. The summed E-state index contributed by atoms with van der Waals surface area (Å²) in [7, 11) is 0. The minimum Gasteiger partial charge on any atom is -0.423 e. The van der Waals surface area contributed by atoms with Crippen molar-refractivity contribution in [2.45, 2.75) is 46.0 Å². The number of ketones is 1. The molecular formula is C15H16F4O3. The van der Waals surface area contributed by atoms with Crippen LogP contribution >= 0.6 is 0 Å². The van der Waals surface area contributed by atoms with Crippen LogP contribution in [0.1, 0.15) is 45.1 Å². The van der Waals surface area contributed by atoms with E-state index in [1.807, 2.05) is 0 Å². The number of benzene rings is 1. The summed E-state index contributed by atoms with van der Waals surface area (Å²) in [6.45, 7) is 3.06. The first kappa shape index (κ1) is 18.1. The quantitative estimate of drug-likeness (QED) is 0.252. The Bertz CT molecular complexity index is 585. The van der Waals surface area contributed by atoms with Crippen LogP contribution in [0.2, 0.25) is 0 Å². The Kier molecular flexibility index (Phi) is 6.52. The molecule has 122 valence electrons. The van der Waals surface area contributed by atoms with E-state index in [0.29, 0.717) is 6.42 Å². The minimum atomic E-state index is -2.03. The first-order valence-corrected chi connectivity index (χ1v) is 6.90. The monoisotopic (exact) mass is 320 g/mol. The van der Waals surface area contributed by atoms with E-state index in [2.05, 4.69) is 4.74 Å². The van der Waals surface area contributed by atoms with E-state index in [1.54, 1.807) is 6.92 Å². The summed E-state index contributed by atoms with van der Waals surface area (Å²) < 4.78 is 58.1. The Morgan fingerprint density at radius 3 is 2.05 bits per heavy atom. The molecule has 0 atom stereocenters. The summed E-state index contributed by atoms with van der Waals surface area (Å²) >= 11 is 0. The lowest BCUT2D eigenvalue weighted by Gasteiger charge is -2.12. The highest BCUT2D eigenvalue weighted by atomic mass is 19.2. The van der Waals surface area contributed by atoms with Crippen molar-refractivity contribution < 1.29 is 31.9 Å². The van der Waals surface area contributed by atoms with E-state index < -0.39 is 40.6 Å². The van der Waals surface area contributed by atoms with Crippen molar-refractivity contribution in [1.82, 2.24) is 0 Å². The van der Waals surface area contributed by atoms with Gasteiger partial charge in [-0.3, -0.25) is 9.59 Å². The van der Waals surface area contributed by atoms with Crippen molar-refractivity contribution in [3.05, 3.63) is 28.8 Å². The highest BCUT2D eigenvalue weighted by molar-refractivity contribution is 5.79. The van der Waals surface area contributed by atoms with E-state index >= 15 is 0 Å². The standard InChI is InChI=1S/C15H16F4O3/c1-3-8(20)6-5-7-10(21)22-15-9(4-2)11(16)12(17)13(18)14(15)19/h3-7H2,1-2H3. The largest absolute Gasteiger partial charge is 0.423 e. The topological polar surface area (TPSA) is 43.4 Å². The molecule has 0 fully saturated rings. The molecule has 0 amide bonds. The van der Waals surface area contributed by atoms with Crippen LogP contribution in [0.15, 0.2) is 0 Å². The van der Waals surface area contributed by atoms with Crippen LogP contribution in [0.3, 0.4) is 0 Å². The maximum absolute atomic E-state index is 13.6. The zero-order chi connectivity index (χ0) is 16.9. The first-order valence-electron chi connectivity index (χ1n) is 6.90. The van der Waals surface area contributed by atoms with Crippen LogP contribution in [-0.2, 0) is 16.0 Å². The fourth-order valence-electron chi connectivity index (χ4n) is 1.85. The second-order valence-electron chi connectivity index (χ2n) is 4.64. The Morgan fingerprint density at radius 2 is 1.50 bits per heavy atom. The number of ether oxygens (including phenoxy) is 1. The van der Waals surface area contributed by atoms with Gasteiger partial charge in [0.25, 0.3) is 0 Å². The van der Waals surface area contributed by atoms with E-state index in [-0.39, 0.29) is 31.5 Å². The molecule has 0 aromatic heterocycles. The fraction of sp³-hybridized carbons (Fsp3) is 0.467. The van der Waals surface area contributed by atoms with Crippen molar-refractivity contribution in [3.63, 3.8) is 0 Å². The van der Waals surface area contributed by atoms with Gasteiger partial charge in [-0.15, -0.1) is 0 Å². The lowest BCUT2D eigenvalue weighted by atomic mass is 10.1. The Labute approximate surface area is 125 Å². The SMILES string of the molecule is CCC(=O)CCCC(=O)Oc1c(F)c(F)c(F)c(F)c1CC. The Balaban J connectivity index is 2.89. The van der Waals surface area contributed by atoms with E-state index in [0.717, 1.165) is 0 Å². The van der Waals surface area contributed by atoms with Gasteiger partial charge in [-0.1, -0.05) is 13.8 Å². The molecule has 0 N–H and O–H groups in total. The van der Waals surface area contributed by atoms with Gasteiger partial charge in [-0.25, -0.2) is 13.2 Å². The number of rotatable bonds is 7. The van der Waals surface area contributed by atoms with Gasteiger partial charge >= 0.3 is 5.97 Å². The maximum Gasteiger partial charge on any atom is 0.311 e. The molecule has 0 aliphatic rings. The summed E-state index contributed by atoms with van der Waals surface area (Å²) in [4.78, 5) is 22.7. The third kappa shape index (κ3) is 4.05. The van der Waals surface area contributed by atoms with Gasteiger partial charge in [0, 0.05) is 24.8 Å². The number of carbonyl (C=O) groups excluding carboxylic acids is 2. The summed E-state index contributed by atoms with van der Waals surface area (Å²) in [5.74, 6) is -9.22. The Morgan fingerprint density at radius 1 is 0.909 bits per heavy atom. The molecule has 1 aromatic carbocycles. The van der Waals surface area contributed by atoms with Gasteiger partial charge in [0.15, 0.2) is 17.4 Å². The molecule has 0 saturated heterocycles. The third-order valence-electron chi connectivity index (χ3n) is 3.12. The highest BCUT2D eigenvalue weighted by Crippen LogP contribution is 2.31. The van der Waals surface area contributed by atoms with Crippen molar-refractivity contribution in [2.24, 2.45) is 0 Å². The van der Waals surface area contributed by atoms with Crippen molar-refractivity contribution in [3.8, 4) is 5.75 Å². The lowest BCUT2D eigenvalue weighted by Crippen LogP contribution is -2.14. The normalized spacial score (nSPS) is 10.6. The van der Waals surface area contributed by atoms with Gasteiger partial charge in [0.1, 0.15) is 5.78 Å². The number of esters is 1. The zero-order valence-corrected chi connectivity index (χ0v) is 12.3. The molecule has 0 aliphatic heterocycles. The number of hydrogen-bond donors (Lipinski definition) is 0. The fourth-order valence-corrected chi connectivity index (χ4v) is 1.85. The molecule has 0 saturated carbocycles. The molecule has 22 heavy (non-hydrogen) atoms. The number of hydrogen-bond acceptors (Lipinski definition) is 3. The van der Waals surface area contributed by atoms with Crippen LogP contribution in [0.4, 0.5) is 17.6 Å². The van der Waals surface area contributed by atoms with Gasteiger partial charge < -0.3 is 4.74 Å². The van der Waals surface area contributed by atoms with E-state index in [9.17, 15) is 27.2 Å². The summed E-state index contributed by atoms with van der Waals surface area (Å²) in [6.07, 6.45) is 0.269. The molecule has 0 aliphatic carbocycles. The first-order chi connectivity index (χ1) is 10.3. The molecule has 0 spiro atoms. The maximum atomic E-state index is 13.6. The predicted molar refractivity (Wildman–Crippen MR) is 70.4 cm³/mol. The van der Waals surface area contributed by atoms with Crippen molar-refractivity contribution in [2.75, 3.05) is 0 Å². The predicted octanol–water partition coefficient (Wildman–Crippen LogP) is 3.86. The molecule has 0 heterocycles. The average Bonchev–Trinajstić information content (AvgIpc) is 2.50. The molecule has 1 rings (SSSR count). The average molecular weight is 320 g/mol. The van der Waals surface area contributed by atoms with Gasteiger partial charge in [-0.2, -0.15) is 4.39 Å².